The van der Waals surface area contributed by atoms with Crippen LogP contribution in [0, 0.1) is 0 Å². The first-order valence-corrected chi connectivity index (χ1v) is 7.46. The lowest BCUT2D eigenvalue weighted by Gasteiger charge is -2.36. The average Bonchev–Trinajstić information content (AvgIpc) is 2.52. The van der Waals surface area contributed by atoms with E-state index >= 15 is 0 Å². The van der Waals surface area contributed by atoms with Gasteiger partial charge in [0.05, 0.1) is 5.52 Å². The summed E-state index contributed by atoms with van der Waals surface area (Å²) >= 11 is 0. The van der Waals surface area contributed by atoms with Gasteiger partial charge in [-0.1, -0.05) is 36.4 Å². The minimum absolute atomic E-state index is 0.365. The number of rotatable bonds is 3. The fourth-order valence-corrected chi connectivity index (χ4v) is 3.48. The Labute approximate surface area is 124 Å². The van der Waals surface area contributed by atoms with Gasteiger partial charge in [0, 0.05) is 23.5 Å². The predicted molar refractivity (Wildman–Crippen MR) is 86.4 cm³/mol. The van der Waals surface area contributed by atoms with Gasteiger partial charge in [0.2, 0.25) is 0 Å². The van der Waals surface area contributed by atoms with Gasteiger partial charge in [0.1, 0.15) is 0 Å². The number of pyridine rings is 1. The first-order valence-electron chi connectivity index (χ1n) is 7.46. The minimum atomic E-state index is 0.365. The molecule has 3 aromatic rings. The van der Waals surface area contributed by atoms with E-state index in [-0.39, 0.29) is 0 Å². The van der Waals surface area contributed by atoms with Crippen LogP contribution in [0.5, 0.6) is 0 Å². The van der Waals surface area contributed by atoms with Gasteiger partial charge in [-0.15, -0.1) is 0 Å². The lowest BCUT2D eigenvalue weighted by molar-refractivity contribution is 0.439. The van der Waals surface area contributed by atoms with E-state index in [1.165, 1.54) is 22.1 Å². The summed E-state index contributed by atoms with van der Waals surface area (Å²) in [6.07, 6.45) is 3.01. The zero-order valence-electron chi connectivity index (χ0n) is 12.1. The third kappa shape index (κ3) is 2.03. The van der Waals surface area contributed by atoms with Crippen molar-refractivity contribution in [1.29, 1.82) is 0 Å². The molecular weight excluding hydrogens is 256 g/mol. The van der Waals surface area contributed by atoms with Gasteiger partial charge in [-0.25, -0.2) is 0 Å². The highest BCUT2D eigenvalue weighted by molar-refractivity contribution is 5.79. The molecule has 0 saturated heterocycles. The fourth-order valence-electron chi connectivity index (χ4n) is 3.48. The Hall–Kier alpha value is -2.19. The van der Waals surface area contributed by atoms with Crippen LogP contribution in [0.1, 0.15) is 28.7 Å². The van der Waals surface area contributed by atoms with Gasteiger partial charge < -0.3 is 5.32 Å². The van der Waals surface area contributed by atoms with Crippen LogP contribution in [0.15, 0.2) is 60.8 Å². The van der Waals surface area contributed by atoms with Crippen molar-refractivity contribution in [3.63, 3.8) is 0 Å². The summed E-state index contributed by atoms with van der Waals surface area (Å²) in [4.78, 5) is 4.40. The highest BCUT2D eigenvalue weighted by atomic mass is 14.9. The van der Waals surface area contributed by atoms with Crippen LogP contribution in [0.3, 0.4) is 0 Å². The molecule has 2 aromatic carbocycles. The summed E-state index contributed by atoms with van der Waals surface area (Å²) in [5.41, 5.74) is 5.39. The molecule has 1 N–H and O–H groups in total. The zero-order valence-corrected chi connectivity index (χ0v) is 12.1. The molecule has 2 heteroatoms. The molecule has 2 nitrogen and oxygen atoms in total. The maximum atomic E-state index is 4.40. The molecule has 1 aliphatic rings. The third-order valence-corrected chi connectivity index (χ3v) is 4.59. The Bertz CT molecular complexity index is 794. The first kappa shape index (κ1) is 12.5. The summed E-state index contributed by atoms with van der Waals surface area (Å²) in [5.74, 6) is 0.570. The number of aromatic nitrogens is 1. The van der Waals surface area contributed by atoms with E-state index in [0.717, 1.165) is 11.9 Å². The lowest BCUT2D eigenvalue weighted by Crippen LogP contribution is -2.31. The van der Waals surface area contributed by atoms with Crippen LogP contribution in [0.25, 0.3) is 10.9 Å². The molecule has 0 bridgehead atoms. The van der Waals surface area contributed by atoms with E-state index in [2.05, 4.69) is 65.9 Å². The molecule has 0 fully saturated rings. The Morgan fingerprint density at radius 1 is 1.10 bits per heavy atom. The summed E-state index contributed by atoms with van der Waals surface area (Å²) < 4.78 is 0. The van der Waals surface area contributed by atoms with E-state index in [0.29, 0.717) is 12.0 Å². The second kappa shape index (κ2) is 4.97. The van der Waals surface area contributed by atoms with Crippen molar-refractivity contribution in [2.45, 2.75) is 18.4 Å². The maximum Gasteiger partial charge on any atom is 0.0702 e. The molecule has 2 unspecified atom stereocenters. The molecular formula is C19H18N2. The Morgan fingerprint density at radius 2 is 2.00 bits per heavy atom. The zero-order chi connectivity index (χ0) is 14.2. The monoisotopic (exact) mass is 274 g/mol. The van der Waals surface area contributed by atoms with Gasteiger partial charge in [-0.3, -0.25) is 4.98 Å². The van der Waals surface area contributed by atoms with Gasteiger partial charge in [-0.2, -0.15) is 0 Å². The van der Waals surface area contributed by atoms with Gasteiger partial charge in [-0.05, 0) is 48.4 Å². The Morgan fingerprint density at radius 3 is 2.86 bits per heavy atom. The van der Waals surface area contributed by atoms with Crippen molar-refractivity contribution >= 4 is 10.9 Å². The third-order valence-electron chi connectivity index (χ3n) is 4.59. The van der Waals surface area contributed by atoms with Crippen molar-refractivity contribution in [2.24, 2.45) is 0 Å². The van der Waals surface area contributed by atoms with Crippen LogP contribution in [0.2, 0.25) is 0 Å². The summed E-state index contributed by atoms with van der Waals surface area (Å²) in [6, 6.07) is 19.9. The summed E-state index contributed by atoms with van der Waals surface area (Å²) in [5, 5.41) is 4.72. The summed E-state index contributed by atoms with van der Waals surface area (Å²) in [6.45, 7) is 0. The van der Waals surface area contributed by atoms with Crippen LogP contribution >= 0.6 is 0 Å². The molecule has 2 atom stereocenters. The van der Waals surface area contributed by atoms with E-state index in [9.17, 15) is 0 Å². The summed E-state index contributed by atoms with van der Waals surface area (Å²) in [7, 11) is 2.05. The van der Waals surface area contributed by atoms with Crippen molar-refractivity contribution in [2.75, 3.05) is 7.05 Å². The molecule has 1 aliphatic carbocycles. The number of hydrogen-bond donors (Lipinski definition) is 1. The Balaban J connectivity index is 1.72. The molecule has 21 heavy (non-hydrogen) atoms. The van der Waals surface area contributed by atoms with Crippen LogP contribution < -0.4 is 5.32 Å². The standard InChI is InChI=1S/C19H18N2/c1-20-19(17-12-13-5-2-3-7-16(13)17)15-8-9-18-14(11-15)6-4-10-21-18/h2-11,17,19-20H,12H2,1H3. The topological polar surface area (TPSA) is 24.9 Å². The van der Waals surface area contributed by atoms with Crippen molar-refractivity contribution in [1.82, 2.24) is 10.3 Å². The maximum absolute atomic E-state index is 4.40. The number of nitrogens with zero attached hydrogens (tertiary/aromatic N) is 1. The number of nitrogens with one attached hydrogen (secondary N) is 1. The number of fused-ring (bicyclic) bond motifs is 2. The quantitative estimate of drug-likeness (QED) is 0.785. The highest BCUT2D eigenvalue weighted by Crippen LogP contribution is 2.43. The largest absolute Gasteiger partial charge is 0.312 e. The molecule has 1 heterocycles. The van der Waals surface area contributed by atoms with Gasteiger partial charge in [0.25, 0.3) is 0 Å². The van der Waals surface area contributed by atoms with E-state index < -0.39 is 0 Å². The smallest absolute Gasteiger partial charge is 0.0702 e. The molecule has 0 radical (unpaired) electrons. The average molecular weight is 274 g/mol. The molecule has 0 aliphatic heterocycles. The number of benzene rings is 2. The second-order valence-corrected chi connectivity index (χ2v) is 5.73. The van der Waals surface area contributed by atoms with E-state index in [1.807, 2.05) is 12.3 Å². The normalized spacial score (nSPS) is 18.0. The minimum Gasteiger partial charge on any atom is -0.312 e. The molecule has 1 aromatic heterocycles. The molecule has 104 valence electrons. The molecule has 0 spiro atoms. The molecule has 0 amide bonds. The first-order chi connectivity index (χ1) is 10.4. The van der Waals surface area contributed by atoms with Gasteiger partial charge >= 0.3 is 0 Å². The SMILES string of the molecule is CNC(c1ccc2ncccc2c1)C1Cc2ccccc21. The van der Waals surface area contributed by atoms with Crippen molar-refractivity contribution in [3.05, 3.63) is 77.5 Å². The Kier molecular flexibility index (Phi) is 2.97. The lowest BCUT2D eigenvalue weighted by atomic mass is 9.71. The molecule has 0 saturated carbocycles. The number of likely N-dealkylation sites (N-methyl/N-ethyl adjacent to an activating group) is 1. The van der Waals surface area contributed by atoms with Crippen molar-refractivity contribution < 1.29 is 0 Å². The van der Waals surface area contributed by atoms with Gasteiger partial charge in [0.15, 0.2) is 0 Å². The van der Waals surface area contributed by atoms with Crippen molar-refractivity contribution in [3.8, 4) is 0 Å². The van der Waals surface area contributed by atoms with Crippen LogP contribution in [0.4, 0.5) is 0 Å². The highest BCUT2D eigenvalue weighted by Gasteiger charge is 2.32. The fraction of sp³-hybridized carbons (Fsp3) is 0.211. The number of hydrogen-bond acceptors (Lipinski definition) is 2. The van der Waals surface area contributed by atoms with E-state index in [4.69, 9.17) is 0 Å². The predicted octanol–water partition coefficient (Wildman–Crippen LogP) is 3.84. The van der Waals surface area contributed by atoms with Crippen LogP contribution in [-0.2, 0) is 6.42 Å². The molecule has 4 rings (SSSR count). The second-order valence-electron chi connectivity index (χ2n) is 5.73. The van der Waals surface area contributed by atoms with Crippen LogP contribution in [-0.4, -0.2) is 12.0 Å². The van der Waals surface area contributed by atoms with E-state index in [1.54, 1.807) is 0 Å².